The molecule has 0 bridgehead atoms. The quantitative estimate of drug-likeness (QED) is 0.496. The van der Waals surface area contributed by atoms with Crippen LogP contribution in [0.3, 0.4) is 0 Å². The highest BCUT2D eigenvalue weighted by atomic mass is 16.6. The zero-order valence-corrected chi connectivity index (χ0v) is 9.93. The van der Waals surface area contributed by atoms with Gasteiger partial charge >= 0.3 is 0 Å². The molecule has 1 saturated heterocycles. The fourth-order valence-corrected chi connectivity index (χ4v) is 2.49. The minimum Gasteiger partial charge on any atom is -0.397 e. The molecule has 1 heterocycles. The van der Waals surface area contributed by atoms with Crippen molar-refractivity contribution >= 4 is 17.1 Å². The molecule has 1 unspecified atom stereocenters. The van der Waals surface area contributed by atoms with Crippen LogP contribution in [0.15, 0.2) is 18.2 Å². The smallest absolute Gasteiger partial charge is 0.271 e. The van der Waals surface area contributed by atoms with Crippen molar-refractivity contribution in [2.45, 2.75) is 32.2 Å². The number of nitro groups is 1. The summed E-state index contributed by atoms with van der Waals surface area (Å²) in [4.78, 5) is 12.5. The summed E-state index contributed by atoms with van der Waals surface area (Å²) >= 11 is 0. The third-order valence-corrected chi connectivity index (χ3v) is 3.38. The largest absolute Gasteiger partial charge is 0.397 e. The van der Waals surface area contributed by atoms with Gasteiger partial charge in [-0.1, -0.05) is 6.92 Å². The van der Waals surface area contributed by atoms with Crippen LogP contribution in [0.2, 0.25) is 0 Å². The van der Waals surface area contributed by atoms with Crippen LogP contribution >= 0.6 is 0 Å². The molecule has 5 heteroatoms. The average Bonchev–Trinajstić information content (AvgIpc) is 2.76. The maximum absolute atomic E-state index is 10.6. The van der Waals surface area contributed by atoms with Crippen LogP contribution in [0.25, 0.3) is 0 Å². The van der Waals surface area contributed by atoms with Crippen molar-refractivity contribution in [1.29, 1.82) is 0 Å². The summed E-state index contributed by atoms with van der Waals surface area (Å²) in [5.41, 5.74) is 7.39. The third-order valence-electron chi connectivity index (χ3n) is 3.38. The first kappa shape index (κ1) is 11.7. The molecule has 17 heavy (non-hydrogen) atoms. The number of benzene rings is 1. The van der Waals surface area contributed by atoms with Crippen LogP contribution in [-0.2, 0) is 0 Å². The number of nitrogens with zero attached hydrogens (tertiary/aromatic N) is 2. The number of hydrogen-bond donors (Lipinski definition) is 1. The maximum Gasteiger partial charge on any atom is 0.271 e. The van der Waals surface area contributed by atoms with Crippen LogP contribution in [-0.4, -0.2) is 17.5 Å². The van der Waals surface area contributed by atoms with Crippen molar-refractivity contribution in [1.82, 2.24) is 0 Å². The fourth-order valence-electron chi connectivity index (χ4n) is 2.49. The predicted molar refractivity (Wildman–Crippen MR) is 68.2 cm³/mol. The zero-order chi connectivity index (χ0) is 12.4. The van der Waals surface area contributed by atoms with Gasteiger partial charge in [-0.25, -0.2) is 0 Å². The molecule has 2 rings (SSSR count). The number of non-ortho nitro benzene ring substituents is 1. The molecule has 1 atom stereocenters. The molecule has 0 aliphatic carbocycles. The molecular weight excluding hydrogens is 218 g/mol. The minimum absolute atomic E-state index is 0.0542. The Morgan fingerprint density at radius 2 is 2.35 bits per heavy atom. The summed E-state index contributed by atoms with van der Waals surface area (Å²) < 4.78 is 0. The van der Waals surface area contributed by atoms with Crippen molar-refractivity contribution in [3.05, 3.63) is 28.3 Å². The lowest BCUT2D eigenvalue weighted by Crippen LogP contribution is -2.29. The van der Waals surface area contributed by atoms with Crippen LogP contribution in [0.1, 0.15) is 26.2 Å². The molecule has 1 aromatic carbocycles. The van der Waals surface area contributed by atoms with Crippen molar-refractivity contribution in [2.75, 3.05) is 17.2 Å². The Morgan fingerprint density at radius 1 is 1.59 bits per heavy atom. The predicted octanol–water partition coefficient (Wildman–Crippen LogP) is 2.56. The van der Waals surface area contributed by atoms with E-state index in [0.29, 0.717) is 11.7 Å². The van der Waals surface area contributed by atoms with Crippen molar-refractivity contribution < 1.29 is 4.92 Å². The summed E-state index contributed by atoms with van der Waals surface area (Å²) in [5, 5.41) is 10.6. The molecule has 0 spiro atoms. The lowest BCUT2D eigenvalue weighted by atomic mass is 10.1. The molecule has 5 nitrogen and oxygen atoms in total. The summed E-state index contributed by atoms with van der Waals surface area (Å²) in [7, 11) is 0. The molecule has 1 aliphatic heterocycles. The first-order chi connectivity index (χ1) is 8.13. The van der Waals surface area contributed by atoms with Gasteiger partial charge in [-0.3, -0.25) is 10.1 Å². The highest BCUT2D eigenvalue weighted by Crippen LogP contribution is 2.33. The first-order valence-electron chi connectivity index (χ1n) is 5.94. The number of nitro benzene ring substituents is 1. The van der Waals surface area contributed by atoms with Crippen molar-refractivity contribution in [2.24, 2.45) is 0 Å². The standard InChI is InChI=1S/C12H17N3O2/c1-2-9-4-3-7-14(9)12-6-5-10(15(16)17)8-11(12)13/h5-6,8-9H,2-4,7,13H2,1H3. The molecule has 0 radical (unpaired) electrons. The van der Waals surface area contributed by atoms with E-state index >= 15 is 0 Å². The number of anilines is 2. The Labute approximate surface area is 100 Å². The van der Waals surface area contributed by atoms with E-state index in [9.17, 15) is 10.1 Å². The number of nitrogens with two attached hydrogens (primary N) is 1. The Morgan fingerprint density at radius 3 is 2.94 bits per heavy atom. The van der Waals surface area contributed by atoms with E-state index in [4.69, 9.17) is 5.73 Å². The molecule has 1 fully saturated rings. The first-order valence-corrected chi connectivity index (χ1v) is 5.94. The zero-order valence-electron chi connectivity index (χ0n) is 9.93. The van der Waals surface area contributed by atoms with Crippen molar-refractivity contribution in [3.63, 3.8) is 0 Å². The van der Waals surface area contributed by atoms with Gasteiger partial charge in [0.05, 0.1) is 16.3 Å². The molecule has 1 aliphatic rings. The SMILES string of the molecule is CCC1CCCN1c1ccc([N+](=O)[O-])cc1N. The van der Waals surface area contributed by atoms with Gasteiger partial charge in [-0.05, 0) is 25.3 Å². The third kappa shape index (κ3) is 2.18. The van der Waals surface area contributed by atoms with E-state index in [2.05, 4.69) is 11.8 Å². The van der Waals surface area contributed by atoms with Gasteiger partial charge in [0.15, 0.2) is 0 Å². The maximum atomic E-state index is 10.6. The Kier molecular flexibility index (Phi) is 3.17. The number of rotatable bonds is 3. The summed E-state index contributed by atoms with van der Waals surface area (Å²) in [6, 6.07) is 5.25. The van der Waals surface area contributed by atoms with Crippen molar-refractivity contribution in [3.8, 4) is 0 Å². The molecule has 2 N–H and O–H groups in total. The summed E-state index contributed by atoms with van der Waals surface area (Å²) in [6.07, 6.45) is 3.41. The highest BCUT2D eigenvalue weighted by Gasteiger charge is 2.25. The van der Waals surface area contributed by atoms with Gasteiger partial charge in [0.2, 0.25) is 0 Å². The topological polar surface area (TPSA) is 72.4 Å². The lowest BCUT2D eigenvalue weighted by molar-refractivity contribution is -0.384. The van der Waals surface area contributed by atoms with E-state index in [1.807, 2.05) is 0 Å². The average molecular weight is 235 g/mol. The highest BCUT2D eigenvalue weighted by molar-refractivity contribution is 5.71. The van der Waals surface area contributed by atoms with Crippen LogP contribution < -0.4 is 10.6 Å². The molecule has 92 valence electrons. The van der Waals surface area contributed by atoms with E-state index in [1.165, 1.54) is 18.6 Å². The number of hydrogen-bond acceptors (Lipinski definition) is 4. The second-order valence-electron chi connectivity index (χ2n) is 4.40. The second-order valence-corrected chi connectivity index (χ2v) is 4.40. The van der Waals surface area contributed by atoms with E-state index < -0.39 is 4.92 Å². The van der Waals surface area contributed by atoms with Gasteiger partial charge in [0, 0.05) is 24.7 Å². The minimum atomic E-state index is -0.415. The van der Waals surface area contributed by atoms with Gasteiger partial charge in [0.1, 0.15) is 0 Å². The van der Waals surface area contributed by atoms with Gasteiger partial charge < -0.3 is 10.6 Å². The van der Waals surface area contributed by atoms with Gasteiger partial charge in [0.25, 0.3) is 5.69 Å². The Balaban J connectivity index is 2.30. The van der Waals surface area contributed by atoms with Gasteiger partial charge in [-0.15, -0.1) is 0 Å². The lowest BCUT2D eigenvalue weighted by Gasteiger charge is -2.27. The van der Waals surface area contributed by atoms with Crippen LogP contribution in [0, 0.1) is 10.1 Å². The van der Waals surface area contributed by atoms with E-state index in [0.717, 1.165) is 25.1 Å². The van der Waals surface area contributed by atoms with E-state index in [1.54, 1.807) is 6.07 Å². The van der Waals surface area contributed by atoms with E-state index in [-0.39, 0.29) is 5.69 Å². The summed E-state index contributed by atoms with van der Waals surface area (Å²) in [6.45, 7) is 3.14. The Bertz CT molecular complexity index is 434. The number of nitrogen functional groups attached to an aromatic ring is 1. The molecular formula is C12H17N3O2. The van der Waals surface area contributed by atoms with Crippen LogP contribution in [0.4, 0.5) is 17.1 Å². The molecule has 0 aromatic heterocycles. The molecule has 0 amide bonds. The monoisotopic (exact) mass is 235 g/mol. The fraction of sp³-hybridized carbons (Fsp3) is 0.500. The molecule has 0 saturated carbocycles. The normalized spacial score (nSPS) is 19.6. The second kappa shape index (κ2) is 4.61. The molecule has 1 aromatic rings. The Hall–Kier alpha value is -1.78. The summed E-state index contributed by atoms with van der Waals surface area (Å²) in [5.74, 6) is 0. The van der Waals surface area contributed by atoms with Crippen LogP contribution in [0.5, 0.6) is 0 Å². The van der Waals surface area contributed by atoms with Gasteiger partial charge in [-0.2, -0.15) is 0 Å².